The van der Waals surface area contributed by atoms with Crippen molar-refractivity contribution in [3.8, 4) is 0 Å². The van der Waals surface area contributed by atoms with Gasteiger partial charge in [0.1, 0.15) is 6.04 Å². The van der Waals surface area contributed by atoms with Gasteiger partial charge in [-0.25, -0.2) is 0 Å². The zero-order valence-corrected chi connectivity index (χ0v) is 9.08. The molecule has 2 atom stereocenters. The monoisotopic (exact) mass is 231 g/mol. The zero-order valence-electron chi connectivity index (χ0n) is 9.08. The Labute approximate surface area is 98.1 Å². The highest BCUT2D eigenvalue weighted by atomic mass is 16.4. The summed E-state index contributed by atoms with van der Waals surface area (Å²) < 4.78 is 0. The second-order valence-corrected chi connectivity index (χ2v) is 3.82. The van der Waals surface area contributed by atoms with E-state index in [1.165, 1.54) is 0 Å². The van der Waals surface area contributed by atoms with Crippen LogP contribution in [-0.4, -0.2) is 22.1 Å². The molecule has 0 spiro atoms. The zero-order chi connectivity index (χ0) is 12.4. The molecule has 0 bridgehead atoms. The van der Waals surface area contributed by atoms with Crippen LogP contribution in [-0.2, 0) is 4.79 Å². The van der Waals surface area contributed by atoms with Crippen molar-refractivity contribution in [2.45, 2.75) is 12.1 Å². The number of pyridine rings is 1. The molecule has 1 aromatic carbocycles. The number of aliphatic carboxylic acids is 1. The van der Waals surface area contributed by atoms with Gasteiger partial charge >= 0.3 is 5.97 Å². The van der Waals surface area contributed by atoms with Crippen LogP contribution in [0.25, 0.3) is 10.9 Å². The van der Waals surface area contributed by atoms with Crippen molar-refractivity contribution in [2.75, 3.05) is 0 Å². The fraction of sp³-hybridized carbons (Fsp3) is 0.167. The predicted molar refractivity (Wildman–Crippen MR) is 64.3 cm³/mol. The smallest absolute Gasteiger partial charge is 0.322 e. The topological polar surface area (TPSA) is 102 Å². The third-order valence-corrected chi connectivity index (χ3v) is 2.63. The summed E-state index contributed by atoms with van der Waals surface area (Å²) in [7, 11) is 0. The van der Waals surface area contributed by atoms with Gasteiger partial charge in [-0.05, 0) is 12.1 Å². The molecule has 0 saturated carbocycles. The Morgan fingerprint density at radius 3 is 2.59 bits per heavy atom. The van der Waals surface area contributed by atoms with Gasteiger partial charge in [-0.15, -0.1) is 0 Å². The summed E-state index contributed by atoms with van der Waals surface area (Å²) >= 11 is 0. The van der Waals surface area contributed by atoms with E-state index in [-0.39, 0.29) is 0 Å². The Morgan fingerprint density at radius 1 is 1.18 bits per heavy atom. The molecule has 0 amide bonds. The van der Waals surface area contributed by atoms with Gasteiger partial charge in [0, 0.05) is 5.39 Å². The summed E-state index contributed by atoms with van der Waals surface area (Å²) in [6, 6.07) is 9.14. The molecule has 2 rings (SSSR count). The molecule has 0 aliphatic carbocycles. The maximum atomic E-state index is 10.7. The van der Waals surface area contributed by atoms with Crippen molar-refractivity contribution in [2.24, 2.45) is 11.5 Å². The van der Waals surface area contributed by atoms with Crippen molar-refractivity contribution in [1.29, 1.82) is 0 Å². The minimum Gasteiger partial charge on any atom is -0.480 e. The number of para-hydroxylation sites is 1. The fourth-order valence-electron chi connectivity index (χ4n) is 1.61. The summed E-state index contributed by atoms with van der Waals surface area (Å²) in [6.07, 6.45) is 0. The number of hydrogen-bond donors (Lipinski definition) is 3. The van der Waals surface area contributed by atoms with Gasteiger partial charge in [0.15, 0.2) is 0 Å². The number of nitrogens with zero attached hydrogens (tertiary/aromatic N) is 1. The number of benzene rings is 1. The van der Waals surface area contributed by atoms with Gasteiger partial charge in [0.05, 0.1) is 17.3 Å². The summed E-state index contributed by atoms with van der Waals surface area (Å²) in [4.78, 5) is 15.1. The normalized spacial score (nSPS) is 14.5. The molecular weight excluding hydrogens is 218 g/mol. The van der Waals surface area contributed by atoms with E-state index in [9.17, 15) is 4.79 Å². The molecule has 5 N–H and O–H groups in total. The maximum Gasteiger partial charge on any atom is 0.322 e. The number of fused-ring (bicyclic) bond motifs is 1. The quantitative estimate of drug-likeness (QED) is 0.719. The highest BCUT2D eigenvalue weighted by molar-refractivity contribution is 5.79. The van der Waals surface area contributed by atoms with Crippen molar-refractivity contribution in [3.05, 3.63) is 42.1 Å². The predicted octanol–water partition coefficient (Wildman–Crippen LogP) is 0.646. The molecule has 17 heavy (non-hydrogen) atoms. The maximum absolute atomic E-state index is 10.7. The van der Waals surface area contributed by atoms with Crippen molar-refractivity contribution in [3.63, 3.8) is 0 Å². The number of rotatable bonds is 3. The van der Waals surface area contributed by atoms with E-state index in [1.807, 2.05) is 30.3 Å². The average Bonchev–Trinajstić information content (AvgIpc) is 2.36. The van der Waals surface area contributed by atoms with Gasteiger partial charge in [-0.3, -0.25) is 9.78 Å². The van der Waals surface area contributed by atoms with Crippen LogP contribution in [0.2, 0.25) is 0 Å². The van der Waals surface area contributed by atoms with Gasteiger partial charge < -0.3 is 16.6 Å². The summed E-state index contributed by atoms with van der Waals surface area (Å²) in [5, 5.41) is 9.77. The number of aromatic nitrogens is 1. The molecule has 0 saturated heterocycles. The molecule has 0 fully saturated rings. The number of hydrogen-bond acceptors (Lipinski definition) is 4. The van der Waals surface area contributed by atoms with E-state index in [1.54, 1.807) is 6.07 Å². The number of carboxylic acid groups (broad SMARTS) is 1. The van der Waals surface area contributed by atoms with E-state index in [0.29, 0.717) is 5.69 Å². The van der Waals surface area contributed by atoms with Crippen LogP contribution in [0.5, 0.6) is 0 Å². The van der Waals surface area contributed by atoms with Crippen LogP contribution in [0, 0.1) is 0 Å². The Balaban J connectivity index is 2.39. The minimum atomic E-state index is -1.15. The van der Waals surface area contributed by atoms with Crippen molar-refractivity contribution in [1.82, 2.24) is 4.98 Å². The molecule has 0 unspecified atom stereocenters. The molecule has 1 heterocycles. The average molecular weight is 231 g/mol. The van der Waals surface area contributed by atoms with Gasteiger partial charge in [0.2, 0.25) is 0 Å². The van der Waals surface area contributed by atoms with E-state index >= 15 is 0 Å². The molecule has 5 nitrogen and oxygen atoms in total. The van der Waals surface area contributed by atoms with Crippen LogP contribution in [0.15, 0.2) is 36.4 Å². The lowest BCUT2D eigenvalue weighted by molar-refractivity contribution is -0.139. The first kappa shape index (κ1) is 11.5. The number of nitrogens with two attached hydrogens (primary N) is 2. The third-order valence-electron chi connectivity index (χ3n) is 2.63. The lowest BCUT2D eigenvalue weighted by Crippen LogP contribution is -2.41. The Morgan fingerprint density at radius 2 is 1.88 bits per heavy atom. The van der Waals surface area contributed by atoms with Crippen molar-refractivity contribution >= 4 is 16.9 Å². The third kappa shape index (κ3) is 2.25. The molecule has 0 aliphatic heterocycles. The van der Waals surface area contributed by atoms with E-state index in [4.69, 9.17) is 16.6 Å². The largest absolute Gasteiger partial charge is 0.480 e. The van der Waals surface area contributed by atoms with Gasteiger partial charge in [-0.1, -0.05) is 24.3 Å². The molecule has 88 valence electrons. The first-order chi connectivity index (χ1) is 8.09. The van der Waals surface area contributed by atoms with Crippen LogP contribution < -0.4 is 11.5 Å². The second kappa shape index (κ2) is 4.48. The Kier molecular flexibility index (Phi) is 3.03. The molecule has 0 aliphatic rings. The SMILES string of the molecule is N[C@H](C(=O)O)[C@@H](N)c1ccc2ccccc2n1. The standard InChI is InChI=1S/C12H13N3O2/c13-10(11(14)12(16)17)9-6-5-7-3-1-2-4-8(7)15-9/h1-6,10-11H,13-14H2,(H,16,17)/t10-,11-/m0/s1. The summed E-state index contributed by atoms with van der Waals surface area (Å²) in [5.41, 5.74) is 12.5. The lowest BCUT2D eigenvalue weighted by Gasteiger charge is -2.15. The van der Waals surface area contributed by atoms with Gasteiger partial charge in [-0.2, -0.15) is 0 Å². The van der Waals surface area contributed by atoms with E-state index in [0.717, 1.165) is 10.9 Å². The molecule has 2 aromatic rings. The van der Waals surface area contributed by atoms with E-state index in [2.05, 4.69) is 4.98 Å². The fourth-order valence-corrected chi connectivity index (χ4v) is 1.61. The first-order valence-corrected chi connectivity index (χ1v) is 5.19. The molecule has 0 radical (unpaired) electrons. The van der Waals surface area contributed by atoms with Crippen LogP contribution in [0.4, 0.5) is 0 Å². The highest BCUT2D eigenvalue weighted by Crippen LogP contribution is 2.16. The lowest BCUT2D eigenvalue weighted by atomic mass is 10.1. The van der Waals surface area contributed by atoms with Crippen LogP contribution in [0.3, 0.4) is 0 Å². The molecular formula is C12H13N3O2. The molecule has 5 heteroatoms. The Hall–Kier alpha value is -1.98. The Bertz CT molecular complexity index is 556. The van der Waals surface area contributed by atoms with Crippen LogP contribution >= 0.6 is 0 Å². The summed E-state index contributed by atoms with van der Waals surface area (Å²) in [5.74, 6) is -1.13. The van der Waals surface area contributed by atoms with Crippen molar-refractivity contribution < 1.29 is 9.90 Å². The second-order valence-electron chi connectivity index (χ2n) is 3.82. The van der Waals surface area contributed by atoms with E-state index < -0.39 is 18.1 Å². The molecule has 1 aromatic heterocycles. The number of carboxylic acids is 1. The van der Waals surface area contributed by atoms with Gasteiger partial charge in [0.25, 0.3) is 0 Å². The highest BCUT2D eigenvalue weighted by Gasteiger charge is 2.23. The first-order valence-electron chi connectivity index (χ1n) is 5.19. The number of carbonyl (C=O) groups is 1. The summed E-state index contributed by atoms with van der Waals surface area (Å²) in [6.45, 7) is 0. The minimum absolute atomic E-state index is 0.485. The van der Waals surface area contributed by atoms with Crippen LogP contribution in [0.1, 0.15) is 11.7 Å².